The molecule has 6 heteroatoms. The Labute approximate surface area is 361 Å². The Morgan fingerprint density at radius 2 is 0.762 bits per heavy atom. The lowest BCUT2D eigenvalue weighted by atomic mass is 10.0. The van der Waals surface area contributed by atoms with Gasteiger partial charge >= 0.3 is 0 Å². The van der Waals surface area contributed by atoms with Gasteiger partial charge in [0.1, 0.15) is 11.2 Å². The summed E-state index contributed by atoms with van der Waals surface area (Å²) in [6.07, 6.45) is 0. The van der Waals surface area contributed by atoms with E-state index in [4.69, 9.17) is 19.4 Å². The van der Waals surface area contributed by atoms with Crippen LogP contribution < -0.4 is 0 Å². The van der Waals surface area contributed by atoms with Crippen LogP contribution in [-0.2, 0) is 0 Å². The summed E-state index contributed by atoms with van der Waals surface area (Å²) in [7, 11) is 0. The van der Waals surface area contributed by atoms with Crippen molar-refractivity contribution in [1.82, 2.24) is 24.1 Å². The summed E-state index contributed by atoms with van der Waals surface area (Å²) in [5.41, 5.74) is 13.2. The van der Waals surface area contributed by atoms with Crippen molar-refractivity contribution in [2.45, 2.75) is 0 Å². The standard InChI is InChI=1S/C57H35N5O/c1-3-15-36(16-4-1)37-17-13-18-38(31-37)55-58-56(60-57(59-55)40-29-30-46-45-25-9-12-28-53(45)63-54(46)33-40)39-19-14-22-42(32-39)62-50-27-11-8-24-44(50)48-34-47-43-23-7-10-26-49(43)61(51(47)35-52(48)62)41-20-5-2-6-21-41/h1-35H. The number of para-hydroxylation sites is 4. The van der Waals surface area contributed by atoms with Crippen LogP contribution in [0.2, 0.25) is 0 Å². The molecule has 0 saturated carbocycles. The fraction of sp³-hybridized carbons (Fsp3) is 0. The highest BCUT2D eigenvalue weighted by atomic mass is 16.3. The van der Waals surface area contributed by atoms with Gasteiger partial charge in [-0.3, -0.25) is 0 Å². The van der Waals surface area contributed by atoms with Gasteiger partial charge < -0.3 is 13.6 Å². The molecule has 0 N–H and O–H groups in total. The number of hydrogen-bond acceptors (Lipinski definition) is 4. The van der Waals surface area contributed by atoms with Crippen LogP contribution in [0.1, 0.15) is 0 Å². The Morgan fingerprint density at radius 1 is 0.270 bits per heavy atom. The predicted molar refractivity (Wildman–Crippen MR) is 258 cm³/mol. The van der Waals surface area contributed by atoms with Crippen LogP contribution in [0.25, 0.3) is 122 Å². The summed E-state index contributed by atoms with van der Waals surface area (Å²) < 4.78 is 11.1. The van der Waals surface area contributed by atoms with Crippen LogP contribution >= 0.6 is 0 Å². The zero-order valence-electron chi connectivity index (χ0n) is 33.9. The molecule has 294 valence electrons. The summed E-state index contributed by atoms with van der Waals surface area (Å²) in [6, 6.07) is 74.5. The Balaban J connectivity index is 1.02. The highest BCUT2D eigenvalue weighted by Gasteiger charge is 2.20. The average Bonchev–Trinajstić information content (AvgIpc) is 4.00. The number of aromatic nitrogens is 5. The molecule has 0 aliphatic carbocycles. The Morgan fingerprint density at radius 3 is 1.46 bits per heavy atom. The second kappa shape index (κ2) is 14.0. The zero-order valence-corrected chi connectivity index (χ0v) is 33.9. The smallest absolute Gasteiger partial charge is 0.164 e. The molecule has 4 aromatic heterocycles. The first-order valence-electron chi connectivity index (χ1n) is 21.2. The van der Waals surface area contributed by atoms with Gasteiger partial charge in [-0.05, 0) is 83.9 Å². The van der Waals surface area contributed by atoms with E-state index >= 15 is 0 Å². The zero-order chi connectivity index (χ0) is 41.4. The molecule has 0 aliphatic heterocycles. The average molecular weight is 806 g/mol. The number of hydrogen-bond donors (Lipinski definition) is 0. The van der Waals surface area contributed by atoms with Crippen molar-refractivity contribution >= 4 is 65.6 Å². The van der Waals surface area contributed by atoms with Gasteiger partial charge in [-0.15, -0.1) is 0 Å². The molecular weight excluding hydrogens is 771 g/mol. The van der Waals surface area contributed by atoms with Crippen molar-refractivity contribution in [1.29, 1.82) is 0 Å². The molecule has 63 heavy (non-hydrogen) atoms. The number of fused-ring (bicyclic) bond motifs is 9. The third-order valence-corrected chi connectivity index (χ3v) is 12.3. The summed E-state index contributed by atoms with van der Waals surface area (Å²) in [6.45, 7) is 0. The summed E-state index contributed by atoms with van der Waals surface area (Å²) in [5.74, 6) is 1.75. The van der Waals surface area contributed by atoms with E-state index in [9.17, 15) is 0 Å². The Bertz CT molecular complexity index is 3920. The van der Waals surface area contributed by atoms with Crippen molar-refractivity contribution in [2.75, 3.05) is 0 Å². The molecular formula is C57H35N5O. The quantitative estimate of drug-likeness (QED) is 0.168. The molecule has 13 rings (SSSR count). The van der Waals surface area contributed by atoms with E-state index < -0.39 is 0 Å². The number of nitrogens with zero attached hydrogens (tertiary/aromatic N) is 5. The van der Waals surface area contributed by atoms with Crippen molar-refractivity contribution in [3.63, 3.8) is 0 Å². The van der Waals surface area contributed by atoms with Crippen LogP contribution in [-0.4, -0.2) is 24.1 Å². The normalized spacial score (nSPS) is 11.8. The lowest BCUT2D eigenvalue weighted by molar-refractivity contribution is 0.669. The first-order chi connectivity index (χ1) is 31.2. The highest BCUT2D eigenvalue weighted by Crippen LogP contribution is 2.40. The predicted octanol–water partition coefficient (Wildman–Crippen LogP) is 14.6. The van der Waals surface area contributed by atoms with Crippen molar-refractivity contribution < 1.29 is 4.42 Å². The van der Waals surface area contributed by atoms with Gasteiger partial charge in [0.2, 0.25) is 0 Å². The fourth-order valence-electron chi connectivity index (χ4n) is 9.45. The van der Waals surface area contributed by atoms with Gasteiger partial charge in [0, 0.05) is 60.4 Å². The lowest BCUT2D eigenvalue weighted by Crippen LogP contribution is -2.01. The minimum absolute atomic E-state index is 0.570. The topological polar surface area (TPSA) is 61.7 Å². The largest absolute Gasteiger partial charge is 0.456 e. The molecule has 0 atom stereocenters. The molecule has 4 heterocycles. The summed E-state index contributed by atoms with van der Waals surface area (Å²) >= 11 is 0. The molecule has 0 aliphatic rings. The lowest BCUT2D eigenvalue weighted by Gasteiger charge is -2.12. The van der Waals surface area contributed by atoms with E-state index in [0.717, 1.165) is 77.7 Å². The van der Waals surface area contributed by atoms with Crippen LogP contribution in [0, 0.1) is 0 Å². The van der Waals surface area contributed by atoms with E-state index in [2.05, 4.69) is 191 Å². The SMILES string of the molecule is c1ccc(-c2cccc(-c3nc(-c4cccc(-n5c6ccccc6c6cc7c8ccccc8n(-c8ccccc8)c7cc65)c4)nc(-c4ccc5c(c4)oc4ccccc45)n3)c2)cc1. The van der Waals surface area contributed by atoms with Crippen LogP contribution in [0.15, 0.2) is 217 Å². The third-order valence-electron chi connectivity index (χ3n) is 12.3. The van der Waals surface area contributed by atoms with Crippen LogP contribution in [0.4, 0.5) is 0 Å². The minimum atomic E-state index is 0.570. The van der Waals surface area contributed by atoms with Gasteiger partial charge in [0.25, 0.3) is 0 Å². The van der Waals surface area contributed by atoms with Gasteiger partial charge in [0.05, 0.1) is 22.1 Å². The van der Waals surface area contributed by atoms with E-state index in [-0.39, 0.29) is 0 Å². The molecule has 0 spiro atoms. The fourth-order valence-corrected chi connectivity index (χ4v) is 9.45. The molecule has 0 unspecified atom stereocenters. The summed E-state index contributed by atoms with van der Waals surface area (Å²) in [5, 5.41) is 6.98. The Hall–Kier alpha value is -8.61. The first-order valence-corrected chi connectivity index (χ1v) is 21.2. The Kier molecular flexibility index (Phi) is 7.80. The molecule has 0 amide bonds. The molecule has 13 aromatic rings. The monoisotopic (exact) mass is 805 g/mol. The maximum absolute atomic E-state index is 6.34. The highest BCUT2D eigenvalue weighted by molar-refractivity contribution is 6.19. The van der Waals surface area contributed by atoms with Crippen LogP contribution in [0.5, 0.6) is 0 Å². The second-order valence-electron chi connectivity index (χ2n) is 16.0. The van der Waals surface area contributed by atoms with E-state index in [1.54, 1.807) is 0 Å². The van der Waals surface area contributed by atoms with Crippen molar-refractivity contribution in [3.8, 4) is 56.7 Å². The summed E-state index contributed by atoms with van der Waals surface area (Å²) in [4.78, 5) is 15.6. The first kappa shape index (κ1) is 35.2. The maximum Gasteiger partial charge on any atom is 0.164 e. The molecule has 0 bridgehead atoms. The molecule has 0 radical (unpaired) electrons. The van der Waals surface area contributed by atoms with E-state index in [1.807, 2.05) is 30.3 Å². The molecule has 6 nitrogen and oxygen atoms in total. The van der Waals surface area contributed by atoms with Gasteiger partial charge in [-0.2, -0.15) is 0 Å². The van der Waals surface area contributed by atoms with Gasteiger partial charge in [0.15, 0.2) is 17.5 Å². The van der Waals surface area contributed by atoms with E-state index in [0.29, 0.717) is 17.5 Å². The molecule has 9 aromatic carbocycles. The van der Waals surface area contributed by atoms with Gasteiger partial charge in [-0.25, -0.2) is 15.0 Å². The van der Waals surface area contributed by atoms with Crippen molar-refractivity contribution in [3.05, 3.63) is 212 Å². The second-order valence-corrected chi connectivity index (χ2v) is 16.0. The minimum Gasteiger partial charge on any atom is -0.456 e. The van der Waals surface area contributed by atoms with Crippen molar-refractivity contribution in [2.24, 2.45) is 0 Å². The number of rotatable bonds is 6. The molecule has 0 saturated heterocycles. The van der Waals surface area contributed by atoms with Gasteiger partial charge in [-0.1, -0.05) is 140 Å². The van der Waals surface area contributed by atoms with Crippen LogP contribution in [0.3, 0.4) is 0 Å². The maximum atomic E-state index is 6.34. The molecule has 0 fully saturated rings. The number of benzene rings is 9. The van der Waals surface area contributed by atoms with E-state index in [1.165, 1.54) is 27.1 Å². The number of furan rings is 1. The third kappa shape index (κ3) is 5.69.